The van der Waals surface area contributed by atoms with Crippen molar-refractivity contribution in [1.82, 2.24) is 9.21 Å². The highest BCUT2D eigenvalue weighted by Gasteiger charge is 2.49. The molecule has 0 spiro atoms. The second-order valence-corrected chi connectivity index (χ2v) is 10.7. The number of ether oxygens (including phenoxy) is 1. The van der Waals surface area contributed by atoms with E-state index in [1.54, 1.807) is 12.1 Å². The van der Waals surface area contributed by atoms with Crippen LogP contribution in [0.3, 0.4) is 0 Å². The molecule has 30 heavy (non-hydrogen) atoms. The van der Waals surface area contributed by atoms with Crippen LogP contribution in [0.4, 0.5) is 9.18 Å². The molecule has 4 rings (SSSR count). The molecule has 0 radical (unpaired) electrons. The molecule has 1 amide bonds. The molecule has 8 heteroatoms. The van der Waals surface area contributed by atoms with Crippen molar-refractivity contribution in [2.45, 2.75) is 50.8 Å². The molecule has 2 aliphatic rings. The van der Waals surface area contributed by atoms with Gasteiger partial charge in [-0.05, 0) is 37.5 Å². The van der Waals surface area contributed by atoms with Gasteiger partial charge in [-0.1, -0.05) is 42.5 Å². The van der Waals surface area contributed by atoms with Gasteiger partial charge in [0, 0.05) is 30.7 Å². The predicted molar refractivity (Wildman–Crippen MR) is 110 cm³/mol. The summed E-state index contributed by atoms with van der Waals surface area (Å²) in [7, 11) is -3.71. The lowest BCUT2D eigenvalue weighted by molar-refractivity contribution is 0.0753. The van der Waals surface area contributed by atoms with Gasteiger partial charge in [0.1, 0.15) is 12.4 Å². The molecule has 2 aliphatic heterocycles. The Hall–Kier alpha value is -2.45. The van der Waals surface area contributed by atoms with Crippen molar-refractivity contribution in [3.63, 3.8) is 0 Å². The largest absolute Gasteiger partial charge is 0.445 e. The van der Waals surface area contributed by atoms with Crippen LogP contribution >= 0.6 is 0 Å². The Morgan fingerprint density at radius 1 is 1.13 bits per heavy atom. The van der Waals surface area contributed by atoms with E-state index in [0.717, 1.165) is 5.56 Å². The minimum Gasteiger partial charge on any atom is -0.445 e. The van der Waals surface area contributed by atoms with Gasteiger partial charge in [0.25, 0.3) is 0 Å². The number of sulfonamides is 1. The fourth-order valence-electron chi connectivity index (χ4n) is 4.24. The Bertz CT molecular complexity index is 1060. The second-order valence-electron chi connectivity index (χ2n) is 8.48. The molecule has 0 N–H and O–H groups in total. The zero-order valence-corrected chi connectivity index (χ0v) is 17.9. The van der Waals surface area contributed by atoms with Crippen molar-refractivity contribution in [3.05, 3.63) is 71.0 Å². The quantitative estimate of drug-likeness (QED) is 0.740. The van der Waals surface area contributed by atoms with Crippen LogP contribution in [0.25, 0.3) is 0 Å². The Morgan fingerprint density at radius 3 is 2.57 bits per heavy atom. The maximum absolute atomic E-state index is 14.1. The molecule has 6 nitrogen and oxygen atoms in total. The first-order valence-corrected chi connectivity index (χ1v) is 11.4. The van der Waals surface area contributed by atoms with Gasteiger partial charge in [-0.15, -0.1) is 0 Å². The van der Waals surface area contributed by atoms with Crippen molar-refractivity contribution < 1.29 is 22.3 Å². The molecule has 0 aliphatic carbocycles. The number of benzene rings is 2. The lowest BCUT2D eigenvalue weighted by atomic mass is 10.0. The number of carbonyl (C=O) groups excluding carboxylic acids is 1. The molecule has 1 fully saturated rings. The minimum absolute atomic E-state index is 0.0275. The average Bonchev–Trinajstić information content (AvgIpc) is 3.29. The number of likely N-dealkylation sites (tertiary alicyclic amines) is 1. The third-order valence-electron chi connectivity index (χ3n) is 5.95. The molecule has 1 saturated heterocycles. The first-order valence-electron chi connectivity index (χ1n) is 9.92. The average molecular weight is 433 g/mol. The number of nitrogens with zero attached hydrogens (tertiary/aromatic N) is 2. The van der Waals surface area contributed by atoms with Crippen LogP contribution in [0.5, 0.6) is 0 Å². The van der Waals surface area contributed by atoms with E-state index < -0.39 is 26.9 Å². The van der Waals surface area contributed by atoms with Gasteiger partial charge in [0.2, 0.25) is 10.0 Å². The molecular weight excluding hydrogens is 407 g/mol. The first kappa shape index (κ1) is 20.8. The van der Waals surface area contributed by atoms with Crippen LogP contribution in [0.2, 0.25) is 0 Å². The summed E-state index contributed by atoms with van der Waals surface area (Å²) in [5, 5.41) is -0.755. The summed E-state index contributed by atoms with van der Waals surface area (Å²) in [6.07, 6.45) is -0.234. The van der Waals surface area contributed by atoms with E-state index >= 15 is 0 Å². The Balaban J connectivity index is 1.46. The van der Waals surface area contributed by atoms with Crippen molar-refractivity contribution in [1.29, 1.82) is 0 Å². The normalized spacial score (nSPS) is 20.9. The van der Waals surface area contributed by atoms with E-state index in [2.05, 4.69) is 0 Å². The Labute approximate surface area is 176 Å². The highest BCUT2D eigenvalue weighted by molar-refractivity contribution is 7.89. The van der Waals surface area contributed by atoms with Crippen molar-refractivity contribution in [2.24, 2.45) is 0 Å². The van der Waals surface area contributed by atoms with Crippen LogP contribution in [0, 0.1) is 5.82 Å². The summed E-state index contributed by atoms with van der Waals surface area (Å²) < 4.78 is 47.4. The molecule has 1 atom stereocenters. The number of carbonyl (C=O) groups is 1. The van der Waals surface area contributed by atoms with E-state index in [1.165, 1.54) is 15.3 Å². The van der Waals surface area contributed by atoms with Gasteiger partial charge in [-0.25, -0.2) is 17.6 Å². The fourth-order valence-corrected chi connectivity index (χ4v) is 6.25. The molecule has 2 heterocycles. The number of halogens is 1. The van der Waals surface area contributed by atoms with Crippen LogP contribution < -0.4 is 0 Å². The van der Waals surface area contributed by atoms with Crippen molar-refractivity contribution in [2.75, 3.05) is 6.54 Å². The first-order chi connectivity index (χ1) is 14.2. The van der Waals surface area contributed by atoms with Crippen LogP contribution in [0.1, 0.15) is 37.0 Å². The number of hydrogen-bond acceptors (Lipinski definition) is 4. The third kappa shape index (κ3) is 3.81. The summed E-state index contributed by atoms with van der Waals surface area (Å²) in [5.41, 5.74) is 1.32. The van der Waals surface area contributed by atoms with Gasteiger partial charge in [-0.2, -0.15) is 4.31 Å². The summed E-state index contributed by atoms with van der Waals surface area (Å²) in [6.45, 7) is 4.04. The van der Waals surface area contributed by atoms with Crippen LogP contribution in [-0.4, -0.2) is 41.0 Å². The fraction of sp³-hybridized carbons (Fsp3) is 0.409. The molecule has 0 aromatic heterocycles. The predicted octanol–water partition coefficient (Wildman–Crippen LogP) is 3.66. The van der Waals surface area contributed by atoms with Gasteiger partial charge in [0.05, 0.1) is 5.25 Å². The van der Waals surface area contributed by atoms with E-state index in [-0.39, 0.29) is 32.1 Å². The maximum Gasteiger partial charge on any atom is 0.410 e. The van der Waals surface area contributed by atoms with Crippen molar-refractivity contribution >= 4 is 16.1 Å². The van der Waals surface area contributed by atoms with E-state index in [4.69, 9.17) is 4.74 Å². The smallest absolute Gasteiger partial charge is 0.410 e. The maximum atomic E-state index is 14.1. The second kappa shape index (κ2) is 7.67. The topological polar surface area (TPSA) is 66.9 Å². The standard InChI is InChI=1S/C22H25FN2O4S/c1-22(2)11-18(13-25(22)21(26)29-15-16-7-4-3-5-8-16)30(27,28)24-12-17-9-6-10-20(23)19(17)14-24/h3-10,18H,11-15H2,1-2H3. The highest BCUT2D eigenvalue weighted by atomic mass is 32.2. The third-order valence-corrected chi connectivity index (χ3v) is 8.08. The van der Waals surface area contributed by atoms with Crippen molar-refractivity contribution in [3.8, 4) is 0 Å². The summed E-state index contributed by atoms with van der Waals surface area (Å²) in [4.78, 5) is 14.2. The highest BCUT2D eigenvalue weighted by Crippen LogP contribution is 2.37. The SMILES string of the molecule is CC1(C)CC(S(=O)(=O)N2Cc3cccc(F)c3C2)CN1C(=O)OCc1ccccc1. The zero-order chi connectivity index (χ0) is 21.5. The zero-order valence-electron chi connectivity index (χ0n) is 17.0. The summed E-state index contributed by atoms with van der Waals surface area (Å²) in [6, 6.07) is 14.0. The minimum atomic E-state index is -3.71. The lowest BCUT2D eigenvalue weighted by Gasteiger charge is -2.30. The molecule has 2 aromatic carbocycles. The molecule has 2 aromatic rings. The summed E-state index contributed by atoms with van der Waals surface area (Å²) in [5.74, 6) is -0.386. The Kier molecular flexibility index (Phi) is 5.32. The van der Waals surface area contributed by atoms with Gasteiger partial charge in [0.15, 0.2) is 0 Å². The molecule has 0 saturated carbocycles. The van der Waals surface area contributed by atoms with E-state index in [9.17, 15) is 17.6 Å². The molecule has 1 unspecified atom stereocenters. The molecule has 160 valence electrons. The lowest BCUT2D eigenvalue weighted by Crippen LogP contribution is -2.43. The molecule has 0 bridgehead atoms. The summed E-state index contributed by atoms with van der Waals surface area (Å²) >= 11 is 0. The number of fused-ring (bicyclic) bond motifs is 1. The van der Waals surface area contributed by atoms with Gasteiger partial charge < -0.3 is 9.64 Å². The Morgan fingerprint density at radius 2 is 1.87 bits per heavy atom. The number of rotatable bonds is 4. The monoisotopic (exact) mass is 432 g/mol. The van der Waals surface area contributed by atoms with Crippen LogP contribution in [0.15, 0.2) is 48.5 Å². The van der Waals surface area contributed by atoms with Gasteiger partial charge in [-0.3, -0.25) is 0 Å². The van der Waals surface area contributed by atoms with Gasteiger partial charge >= 0.3 is 6.09 Å². The molecular formula is C22H25FN2O4S. The number of hydrogen-bond donors (Lipinski definition) is 0. The number of amides is 1. The van der Waals surface area contributed by atoms with Crippen LogP contribution in [-0.2, 0) is 34.5 Å². The van der Waals surface area contributed by atoms with E-state index in [1.807, 2.05) is 44.2 Å². The van der Waals surface area contributed by atoms with E-state index in [0.29, 0.717) is 17.5 Å².